The van der Waals surface area contributed by atoms with Crippen LogP contribution in [0.2, 0.25) is 0 Å². The summed E-state index contributed by atoms with van der Waals surface area (Å²) < 4.78 is 11.8. The highest BCUT2D eigenvalue weighted by Crippen LogP contribution is 2.36. The van der Waals surface area contributed by atoms with E-state index in [-0.39, 0.29) is 24.9 Å². The quantitative estimate of drug-likeness (QED) is 0.797. The molecule has 2 rings (SSSR count). The van der Waals surface area contributed by atoms with Crippen LogP contribution in [0.25, 0.3) is 0 Å². The lowest BCUT2D eigenvalue weighted by Crippen LogP contribution is -2.41. The summed E-state index contributed by atoms with van der Waals surface area (Å²) in [6.45, 7) is 8.13. The summed E-state index contributed by atoms with van der Waals surface area (Å²) in [5.74, 6) is 0. The maximum Gasteiger partial charge on any atom is 0.496 e. The number of hydrogen-bond acceptors (Lipinski definition) is 4. The second kappa shape index (κ2) is 3.84. The third-order valence-corrected chi connectivity index (χ3v) is 4.26. The second-order valence-corrected chi connectivity index (χ2v) is 5.84. The van der Waals surface area contributed by atoms with Crippen molar-refractivity contribution in [2.45, 2.75) is 45.5 Å². The summed E-state index contributed by atoms with van der Waals surface area (Å²) in [5, 5.41) is 13.1. The van der Waals surface area contributed by atoms with Crippen molar-refractivity contribution in [1.29, 1.82) is 0 Å². The Balaban J connectivity index is 2.27. The van der Waals surface area contributed by atoms with Crippen molar-refractivity contribution >= 4 is 23.9 Å². The van der Waals surface area contributed by atoms with Crippen LogP contribution in [-0.4, -0.2) is 23.4 Å². The minimum Gasteiger partial charge on any atom is -0.399 e. The second-order valence-electron chi connectivity index (χ2n) is 5.10. The molecule has 0 radical (unpaired) electrons. The fraction of sp³-hybridized carbons (Fsp3) is 0.636. The van der Waals surface area contributed by atoms with Crippen LogP contribution in [0, 0.1) is 0 Å². The lowest BCUT2D eigenvalue weighted by atomic mass is 9.78. The highest BCUT2D eigenvalue weighted by molar-refractivity contribution is 7.09. The predicted octanol–water partition coefficient (Wildman–Crippen LogP) is 1.54. The van der Waals surface area contributed by atoms with Crippen LogP contribution in [0.4, 0.5) is 0 Å². The number of aliphatic hydroxyl groups excluding tert-OH is 1. The Kier molecular flexibility index (Phi) is 2.91. The molecule has 1 aliphatic heterocycles. The van der Waals surface area contributed by atoms with Crippen molar-refractivity contribution in [1.82, 2.24) is 0 Å². The van der Waals surface area contributed by atoms with Gasteiger partial charge < -0.3 is 14.4 Å². The molecule has 0 atom stereocenters. The number of hydrogen-bond donors (Lipinski definition) is 1. The maximum atomic E-state index is 9.22. The van der Waals surface area contributed by atoms with E-state index >= 15 is 0 Å². The molecule has 16 heavy (non-hydrogen) atoms. The fourth-order valence-corrected chi connectivity index (χ4v) is 2.49. The zero-order valence-electron chi connectivity index (χ0n) is 10.1. The lowest BCUT2D eigenvalue weighted by Gasteiger charge is -2.32. The van der Waals surface area contributed by atoms with Gasteiger partial charge in [0.25, 0.3) is 0 Å². The minimum atomic E-state index is -0.363. The smallest absolute Gasteiger partial charge is 0.399 e. The average Bonchev–Trinajstić information content (AvgIpc) is 2.69. The predicted molar refractivity (Wildman–Crippen MR) is 66.0 cm³/mol. The standard InChI is InChI=1S/C11H17BO3S/c1-10(2)11(3,4)15-12(14-10)9-7-16-6-8(9)5-13/h6-7,13H,5H2,1-4H3. The van der Waals surface area contributed by atoms with Crippen LogP contribution in [-0.2, 0) is 15.9 Å². The van der Waals surface area contributed by atoms with E-state index < -0.39 is 0 Å². The van der Waals surface area contributed by atoms with Gasteiger partial charge in [0.1, 0.15) is 0 Å². The molecule has 3 nitrogen and oxygen atoms in total. The molecule has 1 aliphatic rings. The summed E-state index contributed by atoms with van der Waals surface area (Å²) >= 11 is 1.56. The molecule has 2 heterocycles. The van der Waals surface area contributed by atoms with Crippen LogP contribution in [0.15, 0.2) is 10.8 Å². The average molecular weight is 240 g/mol. The van der Waals surface area contributed by atoms with Crippen molar-refractivity contribution in [2.24, 2.45) is 0 Å². The van der Waals surface area contributed by atoms with E-state index in [2.05, 4.69) is 0 Å². The first-order chi connectivity index (χ1) is 7.37. The largest absolute Gasteiger partial charge is 0.496 e. The number of rotatable bonds is 2. The maximum absolute atomic E-state index is 9.22. The van der Waals surface area contributed by atoms with Gasteiger partial charge in [-0.05, 0) is 49.5 Å². The van der Waals surface area contributed by atoms with Crippen molar-refractivity contribution in [3.05, 3.63) is 16.3 Å². The topological polar surface area (TPSA) is 38.7 Å². The van der Waals surface area contributed by atoms with Gasteiger partial charge in [-0.2, -0.15) is 11.3 Å². The summed E-state index contributed by atoms with van der Waals surface area (Å²) in [6.07, 6.45) is 0. The number of aliphatic hydroxyl groups is 1. The SMILES string of the molecule is CC1(C)OB(c2cscc2CO)OC1(C)C. The Morgan fingerprint density at radius 1 is 1.19 bits per heavy atom. The Morgan fingerprint density at radius 2 is 1.75 bits per heavy atom. The van der Waals surface area contributed by atoms with E-state index in [4.69, 9.17) is 9.31 Å². The van der Waals surface area contributed by atoms with Crippen molar-refractivity contribution < 1.29 is 14.4 Å². The summed E-state index contributed by atoms with van der Waals surface area (Å²) in [4.78, 5) is 0. The van der Waals surface area contributed by atoms with Crippen molar-refractivity contribution in [2.75, 3.05) is 0 Å². The zero-order valence-corrected chi connectivity index (χ0v) is 10.9. The van der Waals surface area contributed by atoms with Crippen molar-refractivity contribution in [3.8, 4) is 0 Å². The molecule has 5 heteroatoms. The first-order valence-electron chi connectivity index (χ1n) is 5.39. The first kappa shape index (κ1) is 12.1. The molecular formula is C11H17BO3S. The van der Waals surface area contributed by atoms with Gasteiger partial charge >= 0.3 is 7.12 Å². The van der Waals surface area contributed by atoms with Crippen LogP contribution >= 0.6 is 11.3 Å². The van der Waals surface area contributed by atoms with Crippen molar-refractivity contribution in [3.63, 3.8) is 0 Å². The molecule has 1 N–H and O–H groups in total. The molecule has 0 saturated carbocycles. The highest BCUT2D eigenvalue weighted by Gasteiger charge is 2.52. The molecule has 1 saturated heterocycles. The van der Waals surface area contributed by atoms with Crippen LogP contribution < -0.4 is 5.46 Å². The van der Waals surface area contributed by atoms with E-state index in [1.807, 2.05) is 38.5 Å². The van der Waals surface area contributed by atoms with Gasteiger partial charge in [-0.25, -0.2) is 0 Å². The molecule has 0 aliphatic carbocycles. The van der Waals surface area contributed by atoms with Crippen LogP contribution in [0.3, 0.4) is 0 Å². The normalized spacial score (nSPS) is 22.7. The third kappa shape index (κ3) is 1.82. The van der Waals surface area contributed by atoms with Gasteiger partial charge in [0.15, 0.2) is 0 Å². The summed E-state index contributed by atoms with van der Waals surface area (Å²) in [7, 11) is -0.363. The lowest BCUT2D eigenvalue weighted by molar-refractivity contribution is 0.00578. The molecule has 88 valence electrons. The van der Waals surface area contributed by atoms with E-state index in [9.17, 15) is 5.11 Å². The Hall–Kier alpha value is -0.355. The molecule has 0 unspecified atom stereocenters. The Morgan fingerprint density at radius 3 is 2.25 bits per heavy atom. The molecule has 0 spiro atoms. The molecule has 0 aromatic carbocycles. The van der Waals surface area contributed by atoms with E-state index in [1.54, 1.807) is 11.3 Å². The van der Waals surface area contributed by atoms with Gasteiger partial charge in [0.05, 0.1) is 17.8 Å². The summed E-state index contributed by atoms with van der Waals surface area (Å²) in [5.41, 5.74) is 1.19. The van der Waals surface area contributed by atoms with Crippen LogP contribution in [0.5, 0.6) is 0 Å². The van der Waals surface area contributed by atoms with E-state index in [0.717, 1.165) is 11.0 Å². The Labute approximate surface area is 101 Å². The highest BCUT2D eigenvalue weighted by atomic mass is 32.1. The summed E-state index contributed by atoms with van der Waals surface area (Å²) in [6, 6.07) is 0. The minimum absolute atomic E-state index is 0.0307. The van der Waals surface area contributed by atoms with Gasteiger partial charge in [-0.15, -0.1) is 0 Å². The molecule has 1 aromatic rings. The number of thiophene rings is 1. The Bertz CT molecular complexity index is 370. The van der Waals surface area contributed by atoms with E-state index in [1.165, 1.54) is 0 Å². The molecule has 1 aromatic heterocycles. The van der Waals surface area contributed by atoms with Crippen LogP contribution in [0.1, 0.15) is 33.3 Å². The van der Waals surface area contributed by atoms with Gasteiger partial charge in [-0.1, -0.05) is 0 Å². The monoisotopic (exact) mass is 240 g/mol. The third-order valence-electron chi connectivity index (χ3n) is 3.45. The fourth-order valence-electron chi connectivity index (χ4n) is 1.64. The zero-order chi connectivity index (χ0) is 12.0. The van der Waals surface area contributed by atoms with Gasteiger partial charge in [0, 0.05) is 0 Å². The molecule has 0 bridgehead atoms. The molecular weight excluding hydrogens is 223 g/mol. The van der Waals surface area contributed by atoms with Gasteiger partial charge in [0.2, 0.25) is 0 Å². The van der Waals surface area contributed by atoms with Gasteiger partial charge in [-0.3, -0.25) is 0 Å². The first-order valence-corrected chi connectivity index (χ1v) is 6.33. The van der Waals surface area contributed by atoms with E-state index in [0.29, 0.717) is 0 Å². The molecule has 1 fully saturated rings. The molecule has 0 amide bonds.